The Morgan fingerprint density at radius 3 is 2.07 bits per heavy atom. The highest BCUT2D eigenvalue weighted by Crippen LogP contribution is 2.43. The second-order valence-electron chi connectivity index (χ2n) is 6.87. The normalized spacial score (nSPS) is 12.4. The van der Waals surface area contributed by atoms with E-state index in [0.29, 0.717) is 0 Å². The molecule has 3 nitrogen and oxygen atoms in total. The molecule has 0 spiro atoms. The maximum atomic E-state index is 5.35. The minimum absolute atomic E-state index is 0.829. The van der Waals surface area contributed by atoms with Gasteiger partial charge >= 0.3 is 0 Å². The van der Waals surface area contributed by atoms with Crippen LogP contribution in [0.25, 0.3) is 11.1 Å². The van der Waals surface area contributed by atoms with Crippen LogP contribution in [0.2, 0.25) is 0 Å². The van der Waals surface area contributed by atoms with Crippen molar-refractivity contribution in [2.45, 2.75) is 0 Å². The zero-order valence-electron chi connectivity index (χ0n) is 16.1. The van der Waals surface area contributed by atoms with E-state index in [-0.39, 0.29) is 0 Å². The molecule has 140 valence electrons. The number of rotatable bonds is 3. The van der Waals surface area contributed by atoms with Crippen molar-refractivity contribution in [3.8, 4) is 16.9 Å². The van der Waals surface area contributed by atoms with Crippen LogP contribution < -0.4 is 9.64 Å². The molecule has 0 atom stereocenters. The van der Waals surface area contributed by atoms with Crippen molar-refractivity contribution in [2.24, 2.45) is 4.99 Å². The van der Waals surface area contributed by atoms with Crippen molar-refractivity contribution in [1.29, 1.82) is 0 Å². The van der Waals surface area contributed by atoms with Gasteiger partial charge in [0.2, 0.25) is 0 Å². The first-order chi connectivity index (χ1) is 14.3. The Bertz CT molecular complexity index is 1180. The monoisotopic (exact) mass is 376 g/mol. The molecule has 0 unspecified atom stereocenters. The number of fused-ring (bicyclic) bond motifs is 3. The summed E-state index contributed by atoms with van der Waals surface area (Å²) in [5.74, 6) is 1.71. The van der Waals surface area contributed by atoms with Gasteiger partial charge in [0.15, 0.2) is 0 Å². The Hall–Kier alpha value is -3.85. The first-order valence-corrected chi connectivity index (χ1v) is 9.62. The molecule has 1 heterocycles. The summed E-state index contributed by atoms with van der Waals surface area (Å²) in [5.41, 5.74) is 6.47. The number of hydrogen-bond acceptors (Lipinski definition) is 3. The zero-order valence-corrected chi connectivity index (χ0v) is 16.1. The van der Waals surface area contributed by atoms with Crippen LogP contribution in [-0.2, 0) is 0 Å². The second-order valence-corrected chi connectivity index (χ2v) is 6.87. The SMILES string of the molecule is COc1ccc(C2=Nc3ccccc3-c3ccccc3N2c2ccccc2)cc1. The zero-order chi connectivity index (χ0) is 19.6. The summed E-state index contributed by atoms with van der Waals surface area (Å²) in [6, 6.07) is 35.2. The lowest BCUT2D eigenvalue weighted by Gasteiger charge is -2.27. The summed E-state index contributed by atoms with van der Waals surface area (Å²) < 4.78 is 5.35. The van der Waals surface area contributed by atoms with Gasteiger partial charge in [0.1, 0.15) is 11.6 Å². The van der Waals surface area contributed by atoms with E-state index in [0.717, 1.165) is 39.8 Å². The van der Waals surface area contributed by atoms with Gasteiger partial charge in [-0.05, 0) is 48.5 Å². The molecule has 0 fully saturated rings. The molecule has 0 radical (unpaired) electrons. The third-order valence-corrected chi connectivity index (χ3v) is 5.14. The fourth-order valence-corrected chi connectivity index (χ4v) is 3.75. The summed E-state index contributed by atoms with van der Waals surface area (Å²) in [6.45, 7) is 0. The van der Waals surface area contributed by atoms with Crippen LogP contribution >= 0.6 is 0 Å². The summed E-state index contributed by atoms with van der Waals surface area (Å²) >= 11 is 0. The van der Waals surface area contributed by atoms with E-state index in [2.05, 4.69) is 83.8 Å². The van der Waals surface area contributed by atoms with Gasteiger partial charge in [-0.25, -0.2) is 4.99 Å². The van der Waals surface area contributed by atoms with Crippen LogP contribution in [0.3, 0.4) is 0 Å². The number of methoxy groups -OCH3 is 1. The predicted octanol–water partition coefficient (Wildman–Crippen LogP) is 6.59. The van der Waals surface area contributed by atoms with Gasteiger partial charge in [-0.1, -0.05) is 54.6 Å². The third-order valence-electron chi connectivity index (χ3n) is 5.14. The molecular weight excluding hydrogens is 356 g/mol. The molecule has 0 amide bonds. The van der Waals surface area contributed by atoms with E-state index in [4.69, 9.17) is 9.73 Å². The lowest BCUT2D eigenvalue weighted by molar-refractivity contribution is 0.415. The standard InChI is InChI=1S/C26H20N2O/c1-29-21-17-15-19(16-18-21)26-27-24-13-7-5-11-22(24)23-12-6-8-14-25(23)28(26)20-9-3-2-4-10-20/h2-18H,1H3. The van der Waals surface area contributed by atoms with Crippen molar-refractivity contribution in [1.82, 2.24) is 0 Å². The Labute approximate surface area is 170 Å². The van der Waals surface area contributed by atoms with E-state index in [1.54, 1.807) is 7.11 Å². The van der Waals surface area contributed by atoms with Crippen LogP contribution in [0.4, 0.5) is 17.1 Å². The summed E-state index contributed by atoms with van der Waals surface area (Å²) in [7, 11) is 1.68. The minimum atomic E-state index is 0.829. The number of hydrogen-bond donors (Lipinski definition) is 0. The molecule has 0 bridgehead atoms. The number of aliphatic imine (C=N–C) groups is 1. The summed E-state index contributed by atoms with van der Waals surface area (Å²) in [6.07, 6.45) is 0. The molecule has 29 heavy (non-hydrogen) atoms. The van der Waals surface area contributed by atoms with Crippen LogP contribution in [-0.4, -0.2) is 12.9 Å². The van der Waals surface area contributed by atoms with Gasteiger partial charge in [0.25, 0.3) is 0 Å². The first kappa shape index (κ1) is 17.3. The summed E-state index contributed by atoms with van der Waals surface area (Å²) in [5, 5.41) is 0. The van der Waals surface area contributed by atoms with Crippen molar-refractivity contribution in [2.75, 3.05) is 12.0 Å². The molecule has 4 aromatic carbocycles. The number of para-hydroxylation sites is 3. The van der Waals surface area contributed by atoms with E-state index in [1.165, 1.54) is 5.56 Å². The molecule has 0 saturated heterocycles. The van der Waals surface area contributed by atoms with E-state index in [9.17, 15) is 0 Å². The quantitative estimate of drug-likeness (QED) is 0.403. The summed E-state index contributed by atoms with van der Waals surface area (Å²) in [4.78, 5) is 7.37. The van der Waals surface area contributed by atoms with Gasteiger partial charge in [-0.15, -0.1) is 0 Å². The van der Waals surface area contributed by atoms with Crippen LogP contribution in [0, 0.1) is 0 Å². The fraction of sp³-hybridized carbons (Fsp3) is 0.0385. The minimum Gasteiger partial charge on any atom is -0.497 e. The molecule has 0 saturated carbocycles. The molecule has 3 heteroatoms. The topological polar surface area (TPSA) is 24.8 Å². The van der Waals surface area contributed by atoms with Crippen LogP contribution in [0.5, 0.6) is 5.75 Å². The molecular formula is C26H20N2O. The van der Waals surface area contributed by atoms with Gasteiger partial charge in [-0.3, -0.25) is 4.90 Å². The molecule has 0 aliphatic carbocycles. The van der Waals surface area contributed by atoms with Gasteiger partial charge in [-0.2, -0.15) is 0 Å². The van der Waals surface area contributed by atoms with Crippen LogP contribution in [0.15, 0.2) is 108 Å². The number of nitrogens with zero attached hydrogens (tertiary/aromatic N) is 2. The Kier molecular flexibility index (Phi) is 4.34. The Morgan fingerprint density at radius 1 is 0.655 bits per heavy atom. The molecule has 5 rings (SSSR count). The Balaban J connectivity index is 1.81. The molecule has 1 aliphatic rings. The maximum Gasteiger partial charge on any atom is 0.145 e. The van der Waals surface area contributed by atoms with Gasteiger partial charge in [0, 0.05) is 22.4 Å². The lowest BCUT2D eigenvalue weighted by Crippen LogP contribution is -2.26. The highest BCUT2D eigenvalue weighted by molar-refractivity contribution is 6.18. The molecule has 0 N–H and O–H groups in total. The molecule has 1 aliphatic heterocycles. The predicted molar refractivity (Wildman–Crippen MR) is 120 cm³/mol. The number of benzene rings is 4. The highest BCUT2D eigenvalue weighted by atomic mass is 16.5. The molecule has 0 aromatic heterocycles. The van der Waals surface area contributed by atoms with E-state index in [1.807, 2.05) is 24.3 Å². The average molecular weight is 376 g/mol. The van der Waals surface area contributed by atoms with E-state index < -0.39 is 0 Å². The van der Waals surface area contributed by atoms with Crippen LogP contribution in [0.1, 0.15) is 5.56 Å². The Morgan fingerprint density at radius 2 is 1.31 bits per heavy atom. The number of anilines is 2. The second kappa shape index (κ2) is 7.28. The number of amidine groups is 1. The number of ether oxygens (including phenoxy) is 1. The van der Waals surface area contributed by atoms with E-state index >= 15 is 0 Å². The van der Waals surface area contributed by atoms with Crippen molar-refractivity contribution >= 4 is 22.9 Å². The third kappa shape index (κ3) is 3.07. The smallest absolute Gasteiger partial charge is 0.145 e. The van der Waals surface area contributed by atoms with Gasteiger partial charge < -0.3 is 4.74 Å². The highest BCUT2D eigenvalue weighted by Gasteiger charge is 2.25. The molecule has 4 aromatic rings. The lowest BCUT2D eigenvalue weighted by atomic mass is 10.0. The first-order valence-electron chi connectivity index (χ1n) is 9.62. The average Bonchev–Trinajstić information content (AvgIpc) is 2.94. The van der Waals surface area contributed by atoms with Crippen molar-refractivity contribution in [3.05, 3.63) is 109 Å². The maximum absolute atomic E-state index is 5.35. The largest absolute Gasteiger partial charge is 0.497 e. The van der Waals surface area contributed by atoms with Crippen molar-refractivity contribution < 1.29 is 4.74 Å². The van der Waals surface area contributed by atoms with Gasteiger partial charge in [0.05, 0.1) is 18.5 Å². The fourth-order valence-electron chi connectivity index (χ4n) is 3.75. The van der Waals surface area contributed by atoms with Crippen molar-refractivity contribution in [3.63, 3.8) is 0 Å².